The number of hydrogen-bond acceptors (Lipinski definition) is 6. The summed E-state index contributed by atoms with van der Waals surface area (Å²) in [6, 6.07) is 49.9. The number of rotatable bonds is 6. The van der Waals surface area contributed by atoms with Gasteiger partial charge in [-0.3, -0.25) is 4.79 Å². The molecule has 2 heterocycles. The largest absolute Gasteiger partial charge is 0.426 e. The van der Waals surface area contributed by atoms with Crippen LogP contribution in [0.15, 0.2) is 152 Å². The van der Waals surface area contributed by atoms with Crippen LogP contribution in [-0.2, 0) is 4.79 Å². The Hall–Kier alpha value is -6.53. The third-order valence-electron chi connectivity index (χ3n) is 8.20. The second-order valence-electron chi connectivity index (χ2n) is 11.4. The minimum absolute atomic E-state index is 0.398. The minimum atomic E-state index is -0.398. The molecule has 8 rings (SSSR count). The molecule has 8 aromatic rings. The van der Waals surface area contributed by atoms with Crippen molar-refractivity contribution in [2.45, 2.75) is 6.92 Å². The molecule has 6 nitrogen and oxygen atoms in total. The smallest absolute Gasteiger partial charge is 0.308 e. The lowest BCUT2D eigenvalue weighted by atomic mass is 10.0. The fraction of sp³-hybridized carbons (Fsp3) is 0.0238. The molecule has 0 fully saturated rings. The Labute approximate surface area is 277 Å². The fourth-order valence-electron chi connectivity index (χ4n) is 5.95. The van der Waals surface area contributed by atoms with Gasteiger partial charge in [0.1, 0.15) is 11.4 Å². The molecule has 0 spiro atoms. The van der Waals surface area contributed by atoms with Crippen LogP contribution in [0.2, 0.25) is 0 Å². The highest BCUT2D eigenvalue weighted by Crippen LogP contribution is 2.38. The first-order valence-corrected chi connectivity index (χ1v) is 15.7. The predicted octanol–water partition coefficient (Wildman–Crippen LogP) is 9.83. The van der Waals surface area contributed by atoms with Gasteiger partial charge in [-0.15, -0.1) is 0 Å². The third-order valence-corrected chi connectivity index (χ3v) is 8.20. The standard InChI is InChI=1S/C42H28N4O2/c1-27(47)48-38-20-12-11-19-33(38)42-41(30-17-9-4-10-18-30)44-35-24-22-32(26-37(35)46-42)31-21-23-34-36(25-31)45-40(29-15-7-3-8-16-29)39(43-34)28-13-5-2-6-14-28/h2-26H,1H3. The summed E-state index contributed by atoms with van der Waals surface area (Å²) in [5.74, 6) is 0.0367. The number of hydrogen-bond donors (Lipinski definition) is 0. The Bertz CT molecular complexity index is 2450. The van der Waals surface area contributed by atoms with Crippen LogP contribution in [-0.4, -0.2) is 25.9 Å². The van der Waals surface area contributed by atoms with Gasteiger partial charge in [-0.1, -0.05) is 115 Å². The van der Waals surface area contributed by atoms with Crippen molar-refractivity contribution >= 4 is 28.0 Å². The lowest BCUT2D eigenvalue weighted by molar-refractivity contribution is -0.131. The molecular weight excluding hydrogens is 592 g/mol. The maximum absolute atomic E-state index is 12.0. The van der Waals surface area contributed by atoms with Crippen LogP contribution >= 0.6 is 0 Å². The molecule has 0 saturated carbocycles. The van der Waals surface area contributed by atoms with Crippen molar-refractivity contribution in [3.63, 3.8) is 0 Å². The second-order valence-corrected chi connectivity index (χ2v) is 11.4. The molecule has 0 aliphatic heterocycles. The maximum atomic E-state index is 12.0. The summed E-state index contributed by atoms with van der Waals surface area (Å²) < 4.78 is 5.60. The van der Waals surface area contributed by atoms with E-state index in [1.54, 1.807) is 6.07 Å². The summed E-state index contributed by atoms with van der Waals surface area (Å²) in [5.41, 5.74) is 11.7. The molecule has 0 N–H and O–H groups in total. The number of fused-ring (bicyclic) bond motifs is 2. The number of esters is 1. The van der Waals surface area contributed by atoms with Crippen molar-refractivity contribution in [2.24, 2.45) is 0 Å². The van der Waals surface area contributed by atoms with E-state index >= 15 is 0 Å². The monoisotopic (exact) mass is 620 g/mol. The first-order chi connectivity index (χ1) is 23.6. The van der Waals surface area contributed by atoms with Crippen molar-refractivity contribution in [2.75, 3.05) is 0 Å². The lowest BCUT2D eigenvalue weighted by Crippen LogP contribution is -2.04. The van der Waals surface area contributed by atoms with Crippen molar-refractivity contribution in [3.8, 4) is 61.9 Å². The molecule has 0 aliphatic rings. The number of carbonyl (C=O) groups excluding carboxylic acids is 1. The first kappa shape index (κ1) is 28.9. The fourth-order valence-corrected chi connectivity index (χ4v) is 5.95. The number of nitrogens with zero attached hydrogens (tertiary/aromatic N) is 4. The lowest BCUT2D eigenvalue weighted by Gasteiger charge is -2.14. The van der Waals surface area contributed by atoms with Crippen LogP contribution in [0.1, 0.15) is 6.92 Å². The van der Waals surface area contributed by atoms with E-state index in [9.17, 15) is 4.79 Å². The van der Waals surface area contributed by atoms with Gasteiger partial charge in [0.25, 0.3) is 0 Å². The van der Waals surface area contributed by atoms with E-state index in [1.807, 2.05) is 103 Å². The Kier molecular flexibility index (Phi) is 7.43. The van der Waals surface area contributed by atoms with Crippen LogP contribution in [0.5, 0.6) is 5.75 Å². The molecule has 6 heteroatoms. The van der Waals surface area contributed by atoms with Crippen molar-refractivity contribution in [3.05, 3.63) is 152 Å². The van der Waals surface area contributed by atoms with Gasteiger partial charge in [0.15, 0.2) is 0 Å². The molecule has 0 unspecified atom stereocenters. The van der Waals surface area contributed by atoms with E-state index in [2.05, 4.69) is 42.5 Å². The Balaban J connectivity index is 1.28. The van der Waals surface area contributed by atoms with E-state index in [4.69, 9.17) is 24.7 Å². The zero-order valence-corrected chi connectivity index (χ0v) is 26.0. The van der Waals surface area contributed by atoms with Crippen LogP contribution in [0.4, 0.5) is 0 Å². The summed E-state index contributed by atoms with van der Waals surface area (Å²) in [5, 5.41) is 0. The molecule has 2 aromatic heterocycles. The average molecular weight is 621 g/mol. The molecule has 0 amide bonds. The average Bonchev–Trinajstić information content (AvgIpc) is 3.14. The van der Waals surface area contributed by atoms with Crippen LogP contribution in [0.3, 0.4) is 0 Å². The van der Waals surface area contributed by atoms with E-state index < -0.39 is 5.97 Å². The first-order valence-electron chi connectivity index (χ1n) is 15.7. The summed E-state index contributed by atoms with van der Waals surface area (Å²) in [6.45, 7) is 1.40. The Morgan fingerprint density at radius 1 is 0.417 bits per heavy atom. The quantitative estimate of drug-likeness (QED) is 0.136. The highest BCUT2D eigenvalue weighted by molar-refractivity contribution is 5.93. The molecule has 228 valence electrons. The van der Waals surface area contributed by atoms with Gasteiger partial charge < -0.3 is 4.74 Å². The Morgan fingerprint density at radius 3 is 1.29 bits per heavy atom. The molecule has 0 radical (unpaired) electrons. The van der Waals surface area contributed by atoms with E-state index in [0.717, 1.165) is 61.3 Å². The number of aromatic nitrogens is 4. The number of carbonyl (C=O) groups is 1. The van der Waals surface area contributed by atoms with Crippen molar-refractivity contribution in [1.82, 2.24) is 19.9 Å². The Morgan fingerprint density at radius 2 is 0.812 bits per heavy atom. The molecule has 48 heavy (non-hydrogen) atoms. The zero-order valence-electron chi connectivity index (χ0n) is 26.0. The van der Waals surface area contributed by atoms with Crippen molar-refractivity contribution < 1.29 is 9.53 Å². The van der Waals surface area contributed by atoms with Crippen molar-refractivity contribution in [1.29, 1.82) is 0 Å². The normalized spacial score (nSPS) is 11.1. The number of para-hydroxylation sites is 1. The second kappa shape index (κ2) is 12.3. The topological polar surface area (TPSA) is 77.9 Å². The molecule has 6 aromatic carbocycles. The summed E-state index contributed by atoms with van der Waals surface area (Å²) >= 11 is 0. The number of ether oxygens (including phenoxy) is 1. The summed E-state index contributed by atoms with van der Waals surface area (Å²) in [4.78, 5) is 32.5. The van der Waals surface area contributed by atoms with E-state index in [0.29, 0.717) is 22.7 Å². The van der Waals surface area contributed by atoms with Crippen LogP contribution in [0.25, 0.3) is 78.2 Å². The molecule has 0 bridgehead atoms. The minimum Gasteiger partial charge on any atom is -0.426 e. The maximum Gasteiger partial charge on any atom is 0.308 e. The predicted molar refractivity (Wildman–Crippen MR) is 191 cm³/mol. The van der Waals surface area contributed by atoms with E-state index in [-0.39, 0.29) is 0 Å². The molecule has 0 atom stereocenters. The van der Waals surface area contributed by atoms with Crippen LogP contribution in [0, 0.1) is 0 Å². The van der Waals surface area contributed by atoms with Gasteiger partial charge in [0.05, 0.1) is 39.1 Å². The zero-order chi connectivity index (χ0) is 32.5. The van der Waals surface area contributed by atoms with E-state index in [1.165, 1.54) is 6.92 Å². The van der Waals surface area contributed by atoms with Gasteiger partial charge in [0.2, 0.25) is 0 Å². The van der Waals surface area contributed by atoms with Gasteiger partial charge in [0, 0.05) is 29.2 Å². The van der Waals surface area contributed by atoms with Gasteiger partial charge in [-0.2, -0.15) is 0 Å². The molecular formula is C42H28N4O2. The van der Waals surface area contributed by atoms with Gasteiger partial charge in [-0.25, -0.2) is 19.9 Å². The van der Waals surface area contributed by atoms with Crippen LogP contribution < -0.4 is 4.74 Å². The summed E-state index contributed by atoms with van der Waals surface area (Å²) in [7, 11) is 0. The highest BCUT2D eigenvalue weighted by atomic mass is 16.5. The molecule has 0 aliphatic carbocycles. The third kappa shape index (κ3) is 5.56. The SMILES string of the molecule is CC(=O)Oc1ccccc1-c1nc2cc(-c3ccc4nc(-c5ccccc5)c(-c5ccccc5)nc4c3)ccc2nc1-c1ccccc1. The highest BCUT2D eigenvalue weighted by Gasteiger charge is 2.19. The summed E-state index contributed by atoms with van der Waals surface area (Å²) in [6.07, 6.45) is 0. The number of benzene rings is 6. The van der Waals surface area contributed by atoms with Gasteiger partial charge in [-0.05, 0) is 47.5 Å². The molecule has 0 saturated heterocycles. The van der Waals surface area contributed by atoms with Gasteiger partial charge >= 0.3 is 5.97 Å².